The van der Waals surface area contributed by atoms with Crippen LogP contribution in [0.3, 0.4) is 0 Å². The Labute approximate surface area is 252 Å². The molecule has 0 N–H and O–H groups in total. The monoisotopic (exact) mass is 596 g/mol. The average Bonchev–Trinajstić information content (AvgIpc) is 3.23. The third-order valence-corrected chi connectivity index (χ3v) is 9.30. The smallest absolute Gasteiger partial charge is 0.406 e. The number of fused-ring (bicyclic) bond motifs is 2. The Hall–Kier alpha value is -2.80. The van der Waals surface area contributed by atoms with Crippen molar-refractivity contribution in [1.82, 2.24) is 9.80 Å². The van der Waals surface area contributed by atoms with Crippen molar-refractivity contribution < 1.29 is 17.9 Å². The number of allylic oxidation sites excluding steroid dienone is 1. The zero-order valence-electron chi connectivity index (χ0n) is 24.8. The molecule has 2 aliphatic heterocycles. The highest BCUT2D eigenvalue weighted by molar-refractivity contribution is 6.31. The summed E-state index contributed by atoms with van der Waals surface area (Å²) in [5.74, 6) is 0.916. The van der Waals surface area contributed by atoms with Crippen molar-refractivity contribution in [3.05, 3.63) is 105 Å². The lowest BCUT2D eigenvalue weighted by Crippen LogP contribution is -2.41. The fourth-order valence-corrected chi connectivity index (χ4v) is 6.97. The average molecular weight is 597 g/mol. The molecular formula is C35H40ClF3N2O. The quantitative estimate of drug-likeness (QED) is 0.245. The summed E-state index contributed by atoms with van der Waals surface area (Å²) in [5.41, 5.74) is 7.97. The van der Waals surface area contributed by atoms with Gasteiger partial charge in [-0.2, -0.15) is 0 Å². The third-order valence-electron chi connectivity index (χ3n) is 8.95. The largest absolute Gasteiger partial charge is 0.573 e. The van der Waals surface area contributed by atoms with Crippen LogP contribution in [-0.4, -0.2) is 41.8 Å². The second kappa shape index (κ2) is 12.8. The molecule has 3 nitrogen and oxygen atoms in total. The number of benzene rings is 3. The van der Waals surface area contributed by atoms with Gasteiger partial charge >= 0.3 is 6.36 Å². The maximum atomic E-state index is 12.6. The summed E-state index contributed by atoms with van der Waals surface area (Å²) in [4.78, 5) is 5.22. The summed E-state index contributed by atoms with van der Waals surface area (Å²) in [6.45, 7) is 13.5. The van der Waals surface area contributed by atoms with Crippen molar-refractivity contribution in [2.24, 2.45) is 5.92 Å². The van der Waals surface area contributed by atoms with Gasteiger partial charge in [0.05, 0.1) is 0 Å². The van der Waals surface area contributed by atoms with Gasteiger partial charge in [0.2, 0.25) is 0 Å². The van der Waals surface area contributed by atoms with E-state index in [4.69, 9.17) is 11.6 Å². The first-order valence-corrected chi connectivity index (χ1v) is 15.3. The normalized spacial score (nSPS) is 20.6. The van der Waals surface area contributed by atoms with Crippen LogP contribution in [0.4, 0.5) is 13.2 Å². The number of hydrogen-bond acceptors (Lipinski definition) is 3. The van der Waals surface area contributed by atoms with Crippen molar-refractivity contribution in [2.45, 2.75) is 71.9 Å². The maximum absolute atomic E-state index is 12.6. The molecule has 7 heteroatoms. The molecular weight excluding hydrogens is 557 g/mol. The van der Waals surface area contributed by atoms with Gasteiger partial charge in [0.15, 0.2) is 0 Å². The van der Waals surface area contributed by atoms with Gasteiger partial charge in [-0.3, -0.25) is 9.80 Å². The standard InChI is InChI=1S/C35H40ClF3N2O/c1-5-23(3)31-8-7-9-34(36)33(31)22-41-20-26-16-28(41)21-40(19-26)18-25-11-10-24(4)32(17-25)30(6-2)27-12-14-29(15-13-27)42-35(37,38)39/h6-15,17,23,26,28H,5,16,18-22H2,1-4H3/b30-6-. The number of nitrogens with zero attached hydrogens (tertiary/aromatic N) is 2. The van der Waals surface area contributed by atoms with Crippen LogP contribution in [0, 0.1) is 12.8 Å². The van der Waals surface area contributed by atoms with E-state index in [-0.39, 0.29) is 5.75 Å². The fraction of sp³-hybridized carbons (Fsp3) is 0.429. The molecule has 2 saturated heterocycles. The Morgan fingerprint density at radius 2 is 1.81 bits per heavy atom. The molecule has 3 unspecified atom stereocenters. The molecule has 2 fully saturated rings. The van der Waals surface area contributed by atoms with Gasteiger partial charge in [0.25, 0.3) is 0 Å². The number of ether oxygens (including phenoxy) is 1. The number of likely N-dealkylation sites (tertiary alicyclic amines) is 2. The molecule has 2 aliphatic rings. The highest BCUT2D eigenvalue weighted by atomic mass is 35.5. The predicted octanol–water partition coefficient (Wildman–Crippen LogP) is 9.22. The van der Waals surface area contributed by atoms with Crippen LogP contribution in [0.1, 0.15) is 72.9 Å². The number of hydrogen-bond donors (Lipinski definition) is 0. The minimum atomic E-state index is -4.70. The Morgan fingerprint density at radius 3 is 2.50 bits per heavy atom. The molecule has 0 radical (unpaired) electrons. The maximum Gasteiger partial charge on any atom is 0.573 e. The molecule has 0 amide bonds. The molecule has 2 heterocycles. The van der Waals surface area contributed by atoms with Gasteiger partial charge in [-0.05, 0) is 102 Å². The van der Waals surface area contributed by atoms with Crippen molar-refractivity contribution in [1.29, 1.82) is 0 Å². The Bertz CT molecular complexity index is 1420. The van der Waals surface area contributed by atoms with Crippen LogP contribution < -0.4 is 4.74 Å². The van der Waals surface area contributed by atoms with Crippen molar-refractivity contribution >= 4 is 17.2 Å². The lowest BCUT2D eigenvalue weighted by Gasteiger charge is -2.33. The molecule has 0 spiro atoms. The summed E-state index contributed by atoms with van der Waals surface area (Å²) < 4.78 is 41.9. The van der Waals surface area contributed by atoms with E-state index in [9.17, 15) is 13.2 Å². The number of halogens is 4. The third kappa shape index (κ3) is 7.04. The van der Waals surface area contributed by atoms with Crippen molar-refractivity contribution in [2.75, 3.05) is 19.6 Å². The van der Waals surface area contributed by atoms with Gasteiger partial charge in [0.1, 0.15) is 5.75 Å². The SMILES string of the molecule is C/C=C(/c1ccc(OC(F)(F)F)cc1)c1cc(CN2CC3CC(C2)N(Cc2c(Cl)cccc2C(C)CC)C3)ccc1C. The molecule has 224 valence electrons. The molecule has 3 aromatic rings. The summed E-state index contributed by atoms with van der Waals surface area (Å²) in [7, 11) is 0. The predicted molar refractivity (Wildman–Crippen MR) is 165 cm³/mol. The lowest BCUT2D eigenvalue weighted by molar-refractivity contribution is -0.274. The zero-order chi connectivity index (χ0) is 30.0. The van der Waals surface area contributed by atoms with E-state index in [2.05, 4.69) is 65.6 Å². The molecule has 42 heavy (non-hydrogen) atoms. The van der Waals surface area contributed by atoms with Crippen LogP contribution in [0.15, 0.2) is 66.7 Å². The highest BCUT2D eigenvalue weighted by Gasteiger charge is 2.39. The van der Waals surface area contributed by atoms with E-state index in [1.807, 2.05) is 19.1 Å². The van der Waals surface area contributed by atoms with Crippen molar-refractivity contribution in [3.63, 3.8) is 0 Å². The van der Waals surface area contributed by atoms with Crippen LogP contribution in [0.5, 0.6) is 5.75 Å². The van der Waals surface area contributed by atoms with E-state index in [1.54, 1.807) is 12.1 Å². The summed E-state index contributed by atoms with van der Waals surface area (Å²) in [6, 6.07) is 19.5. The van der Waals surface area contributed by atoms with Gasteiger partial charge < -0.3 is 4.74 Å². The van der Waals surface area contributed by atoms with Gasteiger partial charge in [-0.25, -0.2) is 0 Å². The lowest BCUT2D eigenvalue weighted by atomic mass is 9.92. The molecule has 2 bridgehead atoms. The Morgan fingerprint density at radius 1 is 1.05 bits per heavy atom. The van der Waals surface area contributed by atoms with E-state index in [0.717, 1.165) is 66.4 Å². The summed E-state index contributed by atoms with van der Waals surface area (Å²) >= 11 is 6.74. The number of piperidine rings is 1. The van der Waals surface area contributed by atoms with Crippen molar-refractivity contribution in [3.8, 4) is 5.75 Å². The second-order valence-corrected chi connectivity index (χ2v) is 12.3. The Balaban J connectivity index is 1.29. The molecule has 5 rings (SSSR count). The number of aryl methyl sites for hydroxylation is 1. The molecule has 3 atom stereocenters. The minimum absolute atomic E-state index is 0.216. The number of rotatable bonds is 9. The Kier molecular flexibility index (Phi) is 9.36. The summed E-state index contributed by atoms with van der Waals surface area (Å²) in [6.07, 6.45) is -0.354. The molecule has 0 aromatic heterocycles. The highest BCUT2D eigenvalue weighted by Crippen LogP contribution is 2.36. The van der Waals surface area contributed by atoms with Crippen LogP contribution in [-0.2, 0) is 13.1 Å². The van der Waals surface area contributed by atoms with E-state index < -0.39 is 6.36 Å². The van der Waals surface area contributed by atoms with E-state index in [0.29, 0.717) is 17.9 Å². The van der Waals surface area contributed by atoms with Crippen LogP contribution in [0.25, 0.3) is 5.57 Å². The second-order valence-electron chi connectivity index (χ2n) is 11.9. The van der Waals surface area contributed by atoms with Crippen LogP contribution >= 0.6 is 11.6 Å². The number of alkyl halides is 3. The minimum Gasteiger partial charge on any atom is -0.406 e. The summed E-state index contributed by atoms with van der Waals surface area (Å²) in [5, 5.41) is 0.876. The van der Waals surface area contributed by atoms with E-state index in [1.165, 1.54) is 35.2 Å². The zero-order valence-corrected chi connectivity index (χ0v) is 25.6. The molecule has 0 saturated carbocycles. The first-order chi connectivity index (χ1) is 20.0. The first kappa shape index (κ1) is 30.7. The van der Waals surface area contributed by atoms with Gasteiger partial charge in [0, 0.05) is 43.8 Å². The molecule has 3 aromatic carbocycles. The first-order valence-electron chi connectivity index (χ1n) is 14.9. The van der Waals surface area contributed by atoms with Gasteiger partial charge in [-0.1, -0.05) is 67.9 Å². The van der Waals surface area contributed by atoms with Gasteiger partial charge in [-0.15, -0.1) is 13.2 Å². The molecule has 0 aliphatic carbocycles. The van der Waals surface area contributed by atoms with Crippen LogP contribution in [0.2, 0.25) is 5.02 Å². The van der Waals surface area contributed by atoms with E-state index >= 15 is 0 Å². The topological polar surface area (TPSA) is 15.7 Å². The fourth-order valence-electron chi connectivity index (χ4n) is 6.73.